The number of nitrogens with zero attached hydrogens (tertiary/aromatic N) is 2. The minimum absolute atomic E-state index is 0.0492. The third-order valence-corrected chi connectivity index (χ3v) is 2.94. The molecule has 0 saturated heterocycles. The number of halogens is 1. The number of rotatable bonds is 4. The Balaban J connectivity index is 2.06. The van der Waals surface area contributed by atoms with Gasteiger partial charge in [0.15, 0.2) is 0 Å². The van der Waals surface area contributed by atoms with Crippen molar-refractivity contribution in [3.05, 3.63) is 57.4 Å². The molecule has 2 aromatic rings. The summed E-state index contributed by atoms with van der Waals surface area (Å²) in [5.41, 5.74) is 6.74. The van der Waals surface area contributed by atoms with Gasteiger partial charge in [0, 0.05) is 17.8 Å². The number of aromatic nitrogens is 1. The summed E-state index contributed by atoms with van der Waals surface area (Å²) in [6.45, 7) is 0. The highest BCUT2D eigenvalue weighted by Crippen LogP contribution is 2.26. The molecule has 108 valence electrons. The second kappa shape index (κ2) is 6.19. The molecule has 0 fully saturated rings. The van der Waals surface area contributed by atoms with Gasteiger partial charge in [-0.25, -0.2) is 0 Å². The molecule has 0 aliphatic rings. The van der Waals surface area contributed by atoms with Crippen molar-refractivity contribution in [2.24, 2.45) is 0 Å². The summed E-state index contributed by atoms with van der Waals surface area (Å²) in [7, 11) is 0. The number of nitro benzene ring substituents is 1. The van der Waals surface area contributed by atoms with Gasteiger partial charge >= 0.3 is 0 Å². The molecule has 0 spiro atoms. The summed E-state index contributed by atoms with van der Waals surface area (Å²) in [5.74, 6) is -0.331. The van der Waals surface area contributed by atoms with Crippen LogP contribution in [0.2, 0.25) is 5.02 Å². The molecule has 3 N–H and O–H groups in total. The Kier molecular flexibility index (Phi) is 4.34. The largest absolute Gasteiger partial charge is 0.397 e. The molecule has 0 aliphatic heterocycles. The van der Waals surface area contributed by atoms with Crippen molar-refractivity contribution in [3.63, 3.8) is 0 Å². The molecule has 0 atom stereocenters. The summed E-state index contributed by atoms with van der Waals surface area (Å²) in [6, 6.07) is 7.12. The van der Waals surface area contributed by atoms with E-state index >= 15 is 0 Å². The zero-order chi connectivity index (χ0) is 15.4. The maximum atomic E-state index is 11.9. The van der Waals surface area contributed by atoms with Crippen molar-refractivity contribution in [1.82, 2.24) is 4.98 Å². The quantitative estimate of drug-likeness (QED) is 0.665. The van der Waals surface area contributed by atoms with E-state index in [0.29, 0.717) is 17.1 Å². The monoisotopic (exact) mass is 306 g/mol. The number of benzene rings is 1. The summed E-state index contributed by atoms with van der Waals surface area (Å²) < 4.78 is 0. The topological polar surface area (TPSA) is 111 Å². The molecule has 0 aliphatic carbocycles. The lowest BCUT2D eigenvalue weighted by Crippen LogP contribution is -2.15. The Morgan fingerprint density at radius 3 is 2.71 bits per heavy atom. The standard InChI is InChI=1S/C13H11ClN4O3/c14-11-6-10(18(20)21)3-4-12(11)17-13(19)5-9-2-1-8(15)7-16-9/h1-4,6-7H,5,15H2,(H,17,19). The van der Waals surface area contributed by atoms with Gasteiger partial charge in [0.2, 0.25) is 5.91 Å². The van der Waals surface area contributed by atoms with E-state index in [0.717, 1.165) is 0 Å². The minimum atomic E-state index is -0.560. The summed E-state index contributed by atoms with van der Waals surface area (Å²) in [6.07, 6.45) is 1.51. The molecule has 1 heterocycles. The second-order valence-electron chi connectivity index (χ2n) is 4.23. The van der Waals surface area contributed by atoms with E-state index in [-0.39, 0.29) is 23.0 Å². The molecule has 21 heavy (non-hydrogen) atoms. The molecule has 0 unspecified atom stereocenters. The van der Waals surface area contributed by atoms with E-state index < -0.39 is 4.92 Å². The Hall–Kier alpha value is -2.67. The van der Waals surface area contributed by atoms with Crippen LogP contribution in [0.3, 0.4) is 0 Å². The van der Waals surface area contributed by atoms with Gasteiger partial charge in [0.1, 0.15) is 0 Å². The number of non-ortho nitro benzene ring substituents is 1. The number of pyridine rings is 1. The third-order valence-electron chi connectivity index (χ3n) is 2.63. The van der Waals surface area contributed by atoms with E-state index in [1.54, 1.807) is 12.1 Å². The van der Waals surface area contributed by atoms with E-state index in [4.69, 9.17) is 17.3 Å². The SMILES string of the molecule is Nc1ccc(CC(=O)Nc2ccc([N+](=O)[O-])cc2Cl)nc1. The van der Waals surface area contributed by atoms with Crippen LogP contribution in [-0.4, -0.2) is 15.8 Å². The predicted molar refractivity (Wildman–Crippen MR) is 79.1 cm³/mol. The van der Waals surface area contributed by atoms with Crippen LogP contribution in [0.1, 0.15) is 5.69 Å². The van der Waals surface area contributed by atoms with Crippen molar-refractivity contribution in [2.45, 2.75) is 6.42 Å². The van der Waals surface area contributed by atoms with Crippen LogP contribution in [0.15, 0.2) is 36.5 Å². The molecule has 0 saturated carbocycles. The molecule has 7 nitrogen and oxygen atoms in total. The van der Waals surface area contributed by atoms with Crippen LogP contribution < -0.4 is 11.1 Å². The Labute approximate surface area is 124 Å². The lowest BCUT2D eigenvalue weighted by molar-refractivity contribution is -0.384. The van der Waals surface area contributed by atoms with Gasteiger partial charge in [-0.2, -0.15) is 0 Å². The maximum absolute atomic E-state index is 11.9. The number of nitro groups is 1. The number of nitrogen functional groups attached to an aromatic ring is 1. The molecular formula is C13H11ClN4O3. The fourth-order valence-electron chi connectivity index (χ4n) is 1.62. The maximum Gasteiger partial charge on any atom is 0.271 e. The molecule has 1 aromatic carbocycles. The van der Waals surface area contributed by atoms with Crippen LogP contribution >= 0.6 is 11.6 Å². The molecule has 1 aromatic heterocycles. The molecule has 1 amide bonds. The average molecular weight is 307 g/mol. The van der Waals surface area contributed by atoms with E-state index in [2.05, 4.69) is 10.3 Å². The number of nitrogens with two attached hydrogens (primary N) is 1. The van der Waals surface area contributed by atoms with Gasteiger partial charge in [-0.15, -0.1) is 0 Å². The van der Waals surface area contributed by atoms with E-state index in [9.17, 15) is 14.9 Å². The van der Waals surface area contributed by atoms with Gasteiger partial charge in [-0.05, 0) is 18.2 Å². The van der Waals surface area contributed by atoms with Gasteiger partial charge in [0.05, 0.1) is 33.9 Å². The summed E-state index contributed by atoms with van der Waals surface area (Å²) in [5, 5.41) is 13.3. The number of carbonyl (C=O) groups is 1. The molecule has 8 heteroatoms. The normalized spacial score (nSPS) is 10.1. The van der Waals surface area contributed by atoms with Crippen LogP contribution in [0.4, 0.5) is 17.1 Å². The highest BCUT2D eigenvalue weighted by Gasteiger charge is 2.12. The number of hydrogen-bond acceptors (Lipinski definition) is 5. The minimum Gasteiger partial charge on any atom is -0.397 e. The first-order valence-electron chi connectivity index (χ1n) is 5.90. The molecule has 0 radical (unpaired) electrons. The smallest absolute Gasteiger partial charge is 0.271 e. The lowest BCUT2D eigenvalue weighted by atomic mass is 10.2. The first-order valence-corrected chi connectivity index (χ1v) is 6.27. The molecular weight excluding hydrogens is 296 g/mol. The molecule has 2 rings (SSSR count). The Morgan fingerprint density at radius 2 is 2.14 bits per heavy atom. The highest BCUT2D eigenvalue weighted by atomic mass is 35.5. The number of anilines is 2. The van der Waals surface area contributed by atoms with Crippen molar-refractivity contribution < 1.29 is 9.72 Å². The van der Waals surface area contributed by atoms with Gasteiger partial charge < -0.3 is 11.1 Å². The number of hydrogen-bond donors (Lipinski definition) is 2. The summed E-state index contributed by atoms with van der Waals surface area (Å²) in [4.78, 5) is 25.9. The third kappa shape index (κ3) is 3.90. The fraction of sp³-hybridized carbons (Fsp3) is 0.0769. The lowest BCUT2D eigenvalue weighted by Gasteiger charge is -2.07. The van der Waals surface area contributed by atoms with Crippen molar-refractivity contribution in [3.8, 4) is 0 Å². The second-order valence-corrected chi connectivity index (χ2v) is 4.64. The zero-order valence-corrected chi connectivity index (χ0v) is 11.5. The Bertz CT molecular complexity index is 688. The first kappa shape index (κ1) is 14.7. The summed E-state index contributed by atoms with van der Waals surface area (Å²) >= 11 is 5.89. The average Bonchev–Trinajstić information content (AvgIpc) is 2.43. The predicted octanol–water partition coefficient (Wildman–Crippen LogP) is 2.41. The van der Waals surface area contributed by atoms with Crippen molar-refractivity contribution in [1.29, 1.82) is 0 Å². The fourth-order valence-corrected chi connectivity index (χ4v) is 1.84. The van der Waals surface area contributed by atoms with Crippen LogP contribution in [-0.2, 0) is 11.2 Å². The first-order chi connectivity index (χ1) is 9.95. The van der Waals surface area contributed by atoms with Crippen LogP contribution in [0, 0.1) is 10.1 Å². The Morgan fingerprint density at radius 1 is 1.38 bits per heavy atom. The molecule has 0 bridgehead atoms. The highest BCUT2D eigenvalue weighted by molar-refractivity contribution is 6.33. The van der Waals surface area contributed by atoms with Crippen LogP contribution in [0.5, 0.6) is 0 Å². The van der Waals surface area contributed by atoms with Crippen molar-refractivity contribution >= 4 is 34.6 Å². The van der Waals surface area contributed by atoms with Crippen LogP contribution in [0.25, 0.3) is 0 Å². The number of nitrogens with one attached hydrogen (secondary N) is 1. The van der Waals surface area contributed by atoms with Gasteiger partial charge in [-0.1, -0.05) is 11.6 Å². The zero-order valence-electron chi connectivity index (χ0n) is 10.7. The number of carbonyl (C=O) groups excluding carboxylic acids is 1. The van der Waals surface area contributed by atoms with E-state index in [1.807, 2.05) is 0 Å². The number of amides is 1. The van der Waals surface area contributed by atoms with Gasteiger partial charge in [-0.3, -0.25) is 19.9 Å². The van der Waals surface area contributed by atoms with E-state index in [1.165, 1.54) is 24.4 Å². The van der Waals surface area contributed by atoms with Gasteiger partial charge in [0.25, 0.3) is 5.69 Å². The van der Waals surface area contributed by atoms with Crippen molar-refractivity contribution in [2.75, 3.05) is 11.1 Å².